The fraction of sp³-hybridized carbons (Fsp3) is 1.00. The van der Waals surface area contributed by atoms with Gasteiger partial charge in [0.2, 0.25) is 0 Å². The molecule has 110 valence electrons. The molecule has 1 atom stereocenters. The molecule has 0 spiro atoms. The molecular weight excluding hydrogens is 268 g/mol. The van der Waals surface area contributed by atoms with E-state index in [1.54, 1.807) is 0 Å². The summed E-state index contributed by atoms with van der Waals surface area (Å²) in [5, 5.41) is 0. The smallest absolute Gasteiger partial charge is 0.395 e. The summed E-state index contributed by atoms with van der Waals surface area (Å²) in [6.45, 7) is 13.9. The van der Waals surface area contributed by atoms with Crippen molar-refractivity contribution in [3.05, 3.63) is 0 Å². The molecule has 0 amide bonds. The second-order valence-electron chi connectivity index (χ2n) is 3.82. The molecule has 7 heteroatoms. The van der Waals surface area contributed by atoms with Gasteiger partial charge in [0.05, 0.1) is 0 Å². The molecule has 0 aliphatic carbocycles. The van der Waals surface area contributed by atoms with E-state index >= 15 is 0 Å². The molecule has 1 unspecified atom stereocenters. The molecule has 0 saturated heterocycles. The second-order valence-corrected chi connectivity index (χ2v) is 9.77. The third-order valence-electron chi connectivity index (χ3n) is 2.40. The molecule has 0 aliphatic heterocycles. The van der Waals surface area contributed by atoms with Gasteiger partial charge in [-0.3, -0.25) is 0 Å². The maximum atomic E-state index is 6.13. The molecular formula is C11H28O5Si2. The van der Waals surface area contributed by atoms with E-state index in [1.165, 1.54) is 0 Å². The molecule has 5 nitrogen and oxygen atoms in total. The topological polar surface area (TPSA) is 46.2 Å². The number of rotatable bonds is 11. The summed E-state index contributed by atoms with van der Waals surface area (Å²) in [6.07, 6.45) is 0. The first kappa shape index (κ1) is 18.2. The molecule has 0 N–H and O–H groups in total. The fourth-order valence-corrected chi connectivity index (χ4v) is 7.28. The van der Waals surface area contributed by atoms with Gasteiger partial charge in [-0.25, -0.2) is 0 Å². The summed E-state index contributed by atoms with van der Waals surface area (Å²) >= 11 is 0. The van der Waals surface area contributed by atoms with E-state index in [1.807, 2.05) is 34.2 Å². The quantitative estimate of drug-likeness (QED) is 0.549. The van der Waals surface area contributed by atoms with Crippen LogP contribution in [0.15, 0.2) is 0 Å². The van der Waals surface area contributed by atoms with Gasteiger partial charge in [0, 0.05) is 26.4 Å². The Bertz CT molecular complexity index is 201. The van der Waals surface area contributed by atoms with Crippen LogP contribution < -0.4 is 0 Å². The average Bonchev–Trinajstić information content (AvgIpc) is 2.30. The van der Waals surface area contributed by atoms with Gasteiger partial charge in [0.15, 0.2) is 0 Å². The molecule has 0 aromatic heterocycles. The molecule has 0 bridgehead atoms. The lowest BCUT2D eigenvalue weighted by atomic mass is 10.9. The summed E-state index contributed by atoms with van der Waals surface area (Å²) in [7, 11) is -5.34. The molecule has 0 aromatic rings. The lowest BCUT2D eigenvalue weighted by molar-refractivity contribution is -0.00236. The van der Waals surface area contributed by atoms with Crippen molar-refractivity contribution in [2.45, 2.75) is 47.2 Å². The molecule has 18 heavy (non-hydrogen) atoms. The molecule has 0 radical (unpaired) electrons. The van der Waals surface area contributed by atoms with E-state index in [0.29, 0.717) is 26.4 Å². The van der Waals surface area contributed by atoms with Crippen molar-refractivity contribution >= 4 is 17.6 Å². The van der Waals surface area contributed by atoms with Gasteiger partial charge in [0.1, 0.15) is 0 Å². The predicted molar refractivity (Wildman–Crippen MR) is 75.4 cm³/mol. The maximum absolute atomic E-state index is 6.13. The summed E-state index contributed by atoms with van der Waals surface area (Å²) in [4.78, 5) is 0. The van der Waals surface area contributed by atoms with Crippen LogP contribution in [0.4, 0.5) is 0 Å². The summed E-state index contributed by atoms with van der Waals surface area (Å²) in [5.74, 6) is 0. The van der Waals surface area contributed by atoms with Crippen LogP contribution in [0.5, 0.6) is 0 Å². The van der Waals surface area contributed by atoms with Crippen molar-refractivity contribution in [2.24, 2.45) is 0 Å². The van der Waals surface area contributed by atoms with E-state index in [9.17, 15) is 0 Å². The third-order valence-corrected chi connectivity index (χ3v) is 9.23. The zero-order valence-electron chi connectivity index (χ0n) is 12.6. The fourth-order valence-electron chi connectivity index (χ4n) is 1.52. The maximum Gasteiger partial charge on any atom is 0.670 e. The summed E-state index contributed by atoms with van der Waals surface area (Å²) in [6, 6.07) is 0.836. The lowest BCUT2D eigenvalue weighted by Crippen LogP contribution is -2.57. The normalized spacial score (nSPS) is 15.7. The molecule has 0 saturated carbocycles. The third kappa shape index (κ3) is 5.92. The minimum Gasteiger partial charge on any atom is -0.395 e. The number of hydrogen-bond acceptors (Lipinski definition) is 5. The minimum atomic E-state index is -3.05. The molecule has 0 aliphatic rings. The van der Waals surface area contributed by atoms with Gasteiger partial charge >= 0.3 is 17.6 Å². The standard InChI is InChI=1S/C11H28O5Si2/c1-7-12-17(6,11-5)16-18(13-8-2,14-9-3)15-10-4/h7-11H2,1-6H3. The van der Waals surface area contributed by atoms with Crippen LogP contribution >= 0.6 is 0 Å². The Kier molecular flexibility index (Phi) is 9.31. The zero-order valence-corrected chi connectivity index (χ0v) is 14.6. The minimum absolute atomic E-state index is 0.506. The second kappa shape index (κ2) is 9.19. The van der Waals surface area contributed by atoms with E-state index < -0.39 is 17.6 Å². The van der Waals surface area contributed by atoms with Crippen LogP contribution in [0.25, 0.3) is 0 Å². The molecule has 0 aromatic carbocycles. The van der Waals surface area contributed by atoms with Crippen molar-refractivity contribution in [3.63, 3.8) is 0 Å². The number of hydrogen-bond donors (Lipinski definition) is 0. The average molecular weight is 297 g/mol. The van der Waals surface area contributed by atoms with Gasteiger partial charge in [-0.15, -0.1) is 0 Å². The Labute approximate surface area is 113 Å². The van der Waals surface area contributed by atoms with E-state index in [0.717, 1.165) is 6.04 Å². The van der Waals surface area contributed by atoms with Crippen LogP contribution in [-0.4, -0.2) is 44.0 Å². The van der Waals surface area contributed by atoms with E-state index in [4.69, 9.17) is 21.8 Å². The first-order chi connectivity index (χ1) is 8.51. The van der Waals surface area contributed by atoms with Crippen molar-refractivity contribution in [1.82, 2.24) is 0 Å². The van der Waals surface area contributed by atoms with Gasteiger partial charge in [-0.2, -0.15) is 0 Å². The highest BCUT2D eigenvalue weighted by atomic mass is 28.5. The molecule has 0 fully saturated rings. The highest BCUT2D eigenvalue weighted by Crippen LogP contribution is 2.22. The SMILES string of the molecule is CCO[Si](C)(CC)O[Si](OCC)(OCC)OCC. The first-order valence-electron chi connectivity index (χ1n) is 6.77. The zero-order chi connectivity index (χ0) is 14.1. The monoisotopic (exact) mass is 296 g/mol. The predicted octanol–water partition coefficient (Wildman–Crippen LogP) is 2.68. The van der Waals surface area contributed by atoms with Crippen LogP contribution in [0, 0.1) is 0 Å². The van der Waals surface area contributed by atoms with Crippen molar-refractivity contribution in [2.75, 3.05) is 26.4 Å². The highest BCUT2D eigenvalue weighted by Gasteiger charge is 2.51. The first-order valence-corrected chi connectivity index (χ1v) is 10.9. The Morgan fingerprint density at radius 1 is 0.667 bits per heavy atom. The lowest BCUT2D eigenvalue weighted by Gasteiger charge is -2.35. The van der Waals surface area contributed by atoms with Crippen molar-refractivity contribution < 1.29 is 21.8 Å². The van der Waals surface area contributed by atoms with Gasteiger partial charge in [-0.05, 0) is 40.3 Å². The Morgan fingerprint density at radius 2 is 1.06 bits per heavy atom. The van der Waals surface area contributed by atoms with Crippen LogP contribution in [0.1, 0.15) is 34.6 Å². The van der Waals surface area contributed by atoms with E-state index in [2.05, 4.69) is 6.92 Å². The van der Waals surface area contributed by atoms with Gasteiger partial charge < -0.3 is 21.8 Å². The molecule has 0 rings (SSSR count). The Hall–Kier alpha value is 0.234. The van der Waals surface area contributed by atoms with Gasteiger partial charge in [-0.1, -0.05) is 6.92 Å². The van der Waals surface area contributed by atoms with Crippen molar-refractivity contribution in [3.8, 4) is 0 Å². The summed E-state index contributed by atoms with van der Waals surface area (Å²) < 4.78 is 29.0. The van der Waals surface area contributed by atoms with Crippen LogP contribution in [0.3, 0.4) is 0 Å². The van der Waals surface area contributed by atoms with E-state index in [-0.39, 0.29) is 0 Å². The highest BCUT2D eigenvalue weighted by molar-refractivity contribution is 6.75. The molecule has 0 heterocycles. The summed E-state index contributed by atoms with van der Waals surface area (Å²) in [5.41, 5.74) is 0. The van der Waals surface area contributed by atoms with Crippen LogP contribution in [0.2, 0.25) is 12.6 Å². The van der Waals surface area contributed by atoms with Crippen molar-refractivity contribution in [1.29, 1.82) is 0 Å². The largest absolute Gasteiger partial charge is 0.670 e. The Morgan fingerprint density at radius 3 is 1.33 bits per heavy atom. The van der Waals surface area contributed by atoms with Gasteiger partial charge in [0.25, 0.3) is 0 Å². The Balaban J connectivity index is 4.91. The van der Waals surface area contributed by atoms with Crippen LogP contribution in [-0.2, 0) is 21.8 Å².